The normalized spacial score (nSPS) is 17.8. The van der Waals surface area contributed by atoms with Crippen molar-refractivity contribution in [1.82, 2.24) is 10.2 Å². The number of nitrogens with one attached hydrogen (secondary N) is 1. The lowest BCUT2D eigenvalue weighted by Crippen LogP contribution is -2.45. The third kappa shape index (κ3) is 3.79. The summed E-state index contributed by atoms with van der Waals surface area (Å²) in [5.41, 5.74) is 0.561. The molecule has 1 atom stereocenters. The SMILES string of the molecule is Cl.OCC[C@@H](c1cccc(F)c1O)N1CCNCC1. The van der Waals surface area contributed by atoms with Crippen molar-refractivity contribution in [2.75, 3.05) is 32.8 Å². The molecule has 0 unspecified atom stereocenters. The molecule has 0 aliphatic carbocycles. The van der Waals surface area contributed by atoms with Gasteiger partial charge in [-0.2, -0.15) is 0 Å². The summed E-state index contributed by atoms with van der Waals surface area (Å²) in [5, 5.41) is 22.2. The topological polar surface area (TPSA) is 55.7 Å². The Kier molecular flexibility index (Phi) is 6.51. The van der Waals surface area contributed by atoms with Gasteiger partial charge in [-0.25, -0.2) is 4.39 Å². The zero-order chi connectivity index (χ0) is 13.0. The molecule has 1 aliphatic heterocycles. The molecule has 108 valence electrons. The summed E-state index contributed by atoms with van der Waals surface area (Å²) in [6.45, 7) is 3.43. The average molecular weight is 291 g/mol. The second kappa shape index (κ2) is 7.65. The van der Waals surface area contributed by atoms with Crippen molar-refractivity contribution in [3.05, 3.63) is 29.6 Å². The standard InChI is InChI=1S/C13H19FN2O2.ClH/c14-11-3-1-2-10(13(11)18)12(4-9-17)16-7-5-15-6-8-16;/h1-3,12,15,17-18H,4-9H2;1H/t12-;/m0./s1. The number of phenols is 1. The van der Waals surface area contributed by atoms with Crippen LogP contribution >= 0.6 is 12.4 Å². The molecule has 1 fully saturated rings. The number of halogens is 2. The molecular formula is C13H20ClFN2O2. The monoisotopic (exact) mass is 290 g/mol. The van der Waals surface area contributed by atoms with E-state index in [4.69, 9.17) is 0 Å². The molecule has 1 aromatic rings. The third-order valence-electron chi connectivity index (χ3n) is 3.37. The Labute approximate surface area is 118 Å². The van der Waals surface area contributed by atoms with Crippen LogP contribution < -0.4 is 5.32 Å². The average Bonchev–Trinajstić information content (AvgIpc) is 2.41. The second-order valence-electron chi connectivity index (χ2n) is 4.49. The molecule has 0 radical (unpaired) electrons. The van der Waals surface area contributed by atoms with Gasteiger partial charge in [-0.05, 0) is 12.5 Å². The number of aliphatic hydroxyl groups is 1. The van der Waals surface area contributed by atoms with Crippen LogP contribution in [0.2, 0.25) is 0 Å². The summed E-state index contributed by atoms with van der Waals surface area (Å²) in [6.07, 6.45) is 0.497. The van der Waals surface area contributed by atoms with Gasteiger partial charge >= 0.3 is 0 Å². The van der Waals surface area contributed by atoms with Crippen LogP contribution in [0, 0.1) is 5.82 Å². The van der Waals surface area contributed by atoms with Crippen molar-refractivity contribution in [3.63, 3.8) is 0 Å². The maximum atomic E-state index is 13.4. The summed E-state index contributed by atoms with van der Waals surface area (Å²) in [6, 6.07) is 4.43. The summed E-state index contributed by atoms with van der Waals surface area (Å²) < 4.78 is 13.4. The lowest BCUT2D eigenvalue weighted by atomic mass is 10.00. The van der Waals surface area contributed by atoms with Crippen LogP contribution in [0.5, 0.6) is 5.75 Å². The molecule has 19 heavy (non-hydrogen) atoms. The molecule has 1 saturated heterocycles. The first-order valence-corrected chi connectivity index (χ1v) is 6.27. The van der Waals surface area contributed by atoms with Crippen LogP contribution in [0.15, 0.2) is 18.2 Å². The number of piperazine rings is 1. The van der Waals surface area contributed by atoms with Gasteiger partial charge in [0.15, 0.2) is 11.6 Å². The highest BCUT2D eigenvalue weighted by atomic mass is 35.5. The Morgan fingerprint density at radius 3 is 2.63 bits per heavy atom. The number of para-hydroxylation sites is 1. The molecule has 0 saturated carbocycles. The number of hydrogen-bond acceptors (Lipinski definition) is 4. The number of aromatic hydroxyl groups is 1. The van der Waals surface area contributed by atoms with Gasteiger partial charge in [0.25, 0.3) is 0 Å². The van der Waals surface area contributed by atoms with E-state index in [-0.39, 0.29) is 30.8 Å². The molecule has 0 spiro atoms. The Bertz CT molecular complexity index is 400. The van der Waals surface area contributed by atoms with E-state index in [2.05, 4.69) is 10.2 Å². The minimum absolute atomic E-state index is 0. The molecule has 3 N–H and O–H groups in total. The lowest BCUT2D eigenvalue weighted by molar-refractivity contribution is 0.138. The highest BCUT2D eigenvalue weighted by molar-refractivity contribution is 5.85. The van der Waals surface area contributed by atoms with Crippen molar-refractivity contribution < 1.29 is 14.6 Å². The predicted octanol–water partition coefficient (Wildman–Crippen LogP) is 1.28. The van der Waals surface area contributed by atoms with E-state index in [1.54, 1.807) is 12.1 Å². The summed E-state index contributed by atoms with van der Waals surface area (Å²) in [5.74, 6) is -0.903. The van der Waals surface area contributed by atoms with Crippen molar-refractivity contribution in [2.24, 2.45) is 0 Å². The van der Waals surface area contributed by atoms with E-state index >= 15 is 0 Å². The summed E-state index contributed by atoms with van der Waals surface area (Å²) in [4.78, 5) is 2.17. The Morgan fingerprint density at radius 1 is 1.32 bits per heavy atom. The first-order chi connectivity index (χ1) is 8.74. The molecular weight excluding hydrogens is 271 g/mol. The molecule has 1 aliphatic rings. The maximum Gasteiger partial charge on any atom is 0.165 e. The zero-order valence-electron chi connectivity index (χ0n) is 10.7. The number of nitrogens with zero attached hydrogens (tertiary/aromatic N) is 1. The first kappa shape index (κ1) is 16.2. The molecule has 6 heteroatoms. The molecule has 1 aromatic carbocycles. The Hall–Kier alpha value is -0.880. The second-order valence-corrected chi connectivity index (χ2v) is 4.49. The number of aliphatic hydroxyl groups excluding tert-OH is 1. The number of rotatable bonds is 4. The molecule has 2 rings (SSSR count). The molecule has 0 amide bonds. The van der Waals surface area contributed by atoms with Gasteiger partial charge in [0, 0.05) is 44.4 Å². The van der Waals surface area contributed by atoms with Gasteiger partial charge in [0.05, 0.1) is 0 Å². The fourth-order valence-corrected chi connectivity index (χ4v) is 2.45. The highest BCUT2D eigenvalue weighted by Crippen LogP contribution is 2.32. The van der Waals surface area contributed by atoms with E-state index in [0.29, 0.717) is 12.0 Å². The van der Waals surface area contributed by atoms with Crippen molar-refractivity contribution in [3.8, 4) is 5.75 Å². The van der Waals surface area contributed by atoms with Crippen molar-refractivity contribution in [2.45, 2.75) is 12.5 Å². The van der Waals surface area contributed by atoms with E-state index < -0.39 is 5.82 Å². The number of phenolic OH excluding ortho intramolecular Hbond substituents is 1. The Morgan fingerprint density at radius 2 is 2.00 bits per heavy atom. The van der Waals surface area contributed by atoms with E-state index in [1.165, 1.54) is 6.07 Å². The minimum atomic E-state index is -0.606. The maximum absolute atomic E-state index is 13.4. The third-order valence-corrected chi connectivity index (χ3v) is 3.37. The van der Waals surface area contributed by atoms with Gasteiger partial charge < -0.3 is 15.5 Å². The van der Waals surface area contributed by atoms with Crippen LogP contribution in [0.25, 0.3) is 0 Å². The number of hydrogen-bond donors (Lipinski definition) is 3. The summed E-state index contributed by atoms with van der Waals surface area (Å²) >= 11 is 0. The molecule has 4 nitrogen and oxygen atoms in total. The van der Waals surface area contributed by atoms with Crippen LogP contribution in [-0.2, 0) is 0 Å². The van der Waals surface area contributed by atoms with E-state index in [1.807, 2.05) is 0 Å². The van der Waals surface area contributed by atoms with Gasteiger partial charge in [0.2, 0.25) is 0 Å². The minimum Gasteiger partial charge on any atom is -0.505 e. The largest absolute Gasteiger partial charge is 0.505 e. The fourth-order valence-electron chi connectivity index (χ4n) is 2.45. The Balaban J connectivity index is 0.00000180. The lowest BCUT2D eigenvalue weighted by Gasteiger charge is -2.35. The van der Waals surface area contributed by atoms with E-state index in [0.717, 1.165) is 26.2 Å². The number of benzene rings is 1. The van der Waals surface area contributed by atoms with E-state index in [9.17, 15) is 14.6 Å². The van der Waals surface area contributed by atoms with Gasteiger partial charge in [-0.3, -0.25) is 4.90 Å². The predicted molar refractivity (Wildman–Crippen MR) is 74.2 cm³/mol. The van der Waals surface area contributed by atoms with Crippen molar-refractivity contribution >= 4 is 12.4 Å². The fraction of sp³-hybridized carbons (Fsp3) is 0.538. The van der Waals surface area contributed by atoms with Crippen molar-refractivity contribution in [1.29, 1.82) is 0 Å². The molecule has 0 bridgehead atoms. The zero-order valence-corrected chi connectivity index (χ0v) is 11.5. The smallest absolute Gasteiger partial charge is 0.165 e. The van der Waals surface area contributed by atoms with Gasteiger partial charge in [-0.15, -0.1) is 12.4 Å². The highest BCUT2D eigenvalue weighted by Gasteiger charge is 2.24. The first-order valence-electron chi connectivity index (χ1n) is 6.27. The van der Waals surface area contributed by atoms with Crippen LogP contribution in [0.1, 0.15) is 18.0 Å². The molecule has 0 aromatic heterocycles. The quantitative estimate of drug-likeness (QED) is 0.782. The summed E-state index contributed by atoms with van der Waals surface area (Å²) in [7, 11) is 0. The van der Waals surface area contributed by atoms with Gasteiger partial charge in [0.1, 0.15) is 0 Å². The van der Waals surface area contributed by atoms with Crippen LogP contribution in [0.3, 0.4) is 0 Å². The molecule has 1 heterocycles. The van der Waals surface area contributed by atoms with Gasteiger partial charge in [-0.1, -0.05) is 12.1 Å². The van der Waals surface area contributed by atoms with Crippen LogP contribution in [-0.4, -0.2) is 47.9 Å². The van der Waals surface area contributed by atoms with Crippen LogP contribution in [0.4, 0.5) is 4.39 Å².